The zero-order valence-corrected chi connectivity index (χ0v) is 9.85. The third-order valence-electron chi connectivity index (χ3n) is 3.39. The molecule has 92 valence electrons. The molecule has 2 heterocycles. The number of nitrogens with zero attached hydrogens (tertiary/aromatic N) is 1. The Morgan fingerprint density at radius 2 is 1.79 bits per heavy atom. The minimum atomic E-state index is -0.362. The van der Waals surface area contributed by atoms with E-state index in [0.717, 1.165) is 16.4 Å². The van der Waals surface area contributed by atoms with Crippen molar-refractivity contribution >= 4 is 27.5 Å². The number of aromatic amines is 1. The van der Waals surface area contributed by atoms with Crippen molar-refractivity contribution in [3.8, 4) is 0 Å². The van der Waals surface area contributed by atoms with E-state index in [0.29, 0.717) is 11.0 Å². The zero-order valence-electron chi connectivity index (χ0n) is 9.85. The van der Waals surface area contributed by atoms with E-state index in [2.05, 4.69) is 4.98 Å². The van der Waals surface area contributed by atoms with Gasteiger partial charge in [-0.1, -0.05) is 18.2 Å². The van der Waals surface area contributed by atoms with E-state index in [1.807, 2.05) is 34.7 Å². The second-order valence-electron chi connectivity index (χ2n) is 4.54. The van der Waals surface area contributed by atoms with E-state index >= 15 is 0 Å². The Labute approximate surface area is 106 Å². The van der Waals surface area contributed by atoms with Gasteiger partial charge in [0.25, 0.3) is 5.56 Å². The van der Waals surface area contributed by atoms with Crippen LogP contribution in [0.4, 0.5) is 4.39 Å². The normalized spacial score (nSPS) is 11.6. The van der Waals surface area contributed by atoms with Gasteiger partial charge in [0.05, 0.1) is 16.6 Å². The van der Waals surface area contributed by atoms with E-state index in [1.54, 1.807) is 6.07 Å². The molecule has 0 aliphatic carbocycles. The van der Waals surface area contributed by atoms with Crippen LogP contribution < -0.4 is 5.56 Å². The maximum absolute atomic E-state index is 13.3. The van der Waals surface area contributed by atoms with Gasteiger partial charge in [0.1, 0.15) is 11.3 Å². The van der Waals surface area contributed by atoms with Gasteiger partial charge < -0.3 is 9.38 Å². The smallest absolute Gasteiger partial charge is 0.272 e. The van der Waals surface area contributed by atoms with Crippen molar-refractivity contribution in [3.05, 3.63) is 64.7 Å². The first kappa shape index (κ1) is 10.3. The zero-order chi connectivity index (χ0) is 13.0. The highest BCUT2D eigenvalue weighted by Gasteiger charge is 2.09. The predicted octanol–water partition coefficient (Wildman–Crippen LogP) is 3.07. The van der Waals surface area contributed by atoms with Crippen LogP contribution in [0.5, 0.6) is 0 Å². The number of H-pyrrole nitrogens is 1. The highest BCUT2D eigenvalue weighted by Crippen LogP contribution is 2.22. The third kappa shape index (κ3) is 1.34. The number of halogens is 1. The topological polar surface area (TPSA) is 37.3 Å². The SMILES string of the molecule is O=c1[nH]c2cc(F)ccc2n2c1cc1ccccc12. The van der Waals surface area contributed by atoms with Crippen LogP contribution in [0.2, 0.25) is 0 Å². The molecule has 0 amide bonds. The molecule has 3 nitrogen and oxygen atoms in total. The summed E-state index contributed by atoms with van der Waals surface area (Å²) in [5.74, 6) is -0.362. The van der Waals surface area contributed by atoms with Gasteiger partial charge in [-0.15, -0.1) is 0 Å². The first-order valence-corrected chi connectivity index (χ1v) is 5.96. The number of aromatic nitrogens is 2. The van der Waals surface area contributed by atoms with Gasteiger partial charge in [-0.3, -0.25) is 4.79 Å². The van der Waals surface area contributed by atoms with E-state index in [-0.39, 0.29) is 11.4 Å². The van der Waals surface area contributed by atoms with Crippen LogP contribution in [-0.4, -0.2) is 9.38 Å². The molecule has 0 bridgehead atoms. The van der Waals surface area contributed by atoms with Gasteiger partial charge >= 0.3 is 0 Å². The van der Waals surface area contributed by atoms with Gasteiger partial charge in [-0.25, -0.2) is 4.39 Å². The number of para-hydroxylation sites is 1. The maximum atomic E-state index is 13.3. The quantitative estimate of drug-likeness (QED) is 0.513. The first-order chi connectivity index (χ1) is 9.24. The van der Waals surface area contributed by atoms with Crippen molar-refractivity contribution in [1.29, 1.82) is 0 Å². The molecule has 0 unspecified atom stereocenters. The molecule has 19 heavy (non-hydrogen) atoms. The second kappa shape index (κ2) is 3.45. The summed E-state index contributed by atoms with van der Waals surface area (Å²) < 4.78 is 15.1. The fourth-order valence-electron chi connectivity index (χ4n) is 2.57. The van der Waals surface area contributed by atoms with E-state index < -0.39 is 0 Å². The molecule has 0 aliphatic rings. The van der Waals surface area contributed by atoms with Crippen molar-refractivity contribution in [2.24, 2.45) is 0 Å². The molecule has 4 heteroatoms. The monoisotopic (exact) mass is 252 g/mol. The van der Waals surface area contributed by atoms with E-state index in [4.69, 9.17) is 0 Å². The second-order valence-corrected chi connectivity index (χ2v) is 4.54. The summed E-state index contributed by atoms with van der Waals surface area (Å²) in [6.07, 6.45) is 0. The molecule has 0 aliphatic heterocycles. The summed E-state index contributed by atoms with van der Waals surface area (Å²) in [7, 11) is 0. The molecule has 0 radical (unpaired) electrons. The van der Waals surface area contributed by atoms with Gasteiger partial charge in [-0.2, -0.15) is 0 Å². The minimum absolute atomic E-state index is 0.214. The van der Waals surface area contributed by atoms with Gasteiger partial charge in [-0.05, 0) is 30.3 Å². The molecule has 4 rings (SSSR count). The summed E-state index contributed by atoms with van der Waals surface area (Å²) in [4.78, 5) is 14.8. The summed E-state index contributed by atoms with van der Waals surface area (Å²) in [6, 6.07) is 14.0. The molecule has 0 saturated carbocycles. The van der Waals surface area contributed by atoms with Crippen LogP contribution in [-0.2, 0) is 0 Å². The molecule has 1 N–H and O–H groups in total. The lowest BCUT2D eigenvalue weighted by Gasteiger charge is -2.04. The Balaban J connectivity index is 2.40. The van der Waals surface area contributed by atoms with Crippen molar-refractivity contribution in [3.63, 3.8) is 0 Å². The average molecular weight is 252 g/mol. The molecular formula is C15H9FN2O. The van der Waals surface area contributed by atoms with Crippen LogP contribution in [0, 0.1) is 5.82 Å². The molecule has 0 spiro atoms. The van der Waals surface area contributed by atoms with E-state index in [9.17, 15) is 9.18 Å². The molecule has 0 fully saturated rings. The Morgan fingerprint density at radius 1 is 0.947 bits per heavy atom. The fourth-order valence-corrected chi connectivity index (χ4v) is 2.57. The number of rotatable bonds is 0. The molecule has 0 saturated heterocycles. The van der Waals surface area contributed by atoms with Crippen LogP contribution in [0.15, 0.2) is 53.3 Å². The molecule has 0 atom stereocenters. The Morgan fingerprint density at radius 3 is 2.68 bits per heavy atom. The highest BCUT2D eigenvalue weighted by molar-refractivity contribution is 5.92. The summed E-state index contributed by atoms with van der Waals surface area (Å²) in [5, 5.41) is 0.991. The highest BCUT2D eigenvalue weighted by atomic mass is 19.1. The molecule has 2 aromatic carbocycles. The van der Waals surface area contributed by atoms with Crippen LogP contribution in [0.1, 0.15) is 0 Å². The standard InChI is InChI=1S/C15H9FN2O/c16-10-5-6-13-11(8-10)17-15(19)14-7-9-3-1-2-4-12(9)18(13)14/h1-8H,(H,17,19). The number of nitrogens with one attached hydrogen (secondary N) is 1. The minimum Gasteiger partial charge on any atom is -0.319 e. The van der Waals surface area contributed by atoms with E-state index in [1.165, 1.54) is 12.1 Å². The van der Waals surface area contributed by atoms with Crippen LogP contribution >= 0.6 is 0 Å². The Hall–Kier alpha value is -2.62. The lowest BCUT2D eigenvalue weighted by atomic mass is 10.2. The van der Waals surface area contributed by atoms with Crippen molar-refractivity contribution in [1.82, 2.24) is 9.38 Å². The molecular weight excluding hydrogens is 243 g/mol. The third-order valence-corrected chi connectivity index (χ3v) is 3.39. The first-order valence-electron chi connectivity index (χ1n) is 5.96. The number of benzene rings is 2. The summed E-state index contributed by atoms with van der Waals surface area (Å²) >= 11 is 0. The number of fused-ring (bicyclic) bond motifs is 5. The maximum Gasteiger partial charge on any atom is 0.272 e. The summed E-state index contributed by atoms with van der Waals surface area (Å²) in [6.45, 7) is 0. The van der Waals surface area contributed by atoms with Crippen molar-refractivity contribution < 1.29 is 4.39 Å². The van der Waals surface area contributed by atoms with Crippen molar-refractivity contribution in [2.75, 3.05) is 0 Å². The predicted molar refractivity (Wildman–Crippen MR) is 73.0 cm³/mol. The molecule has 4 aromatic rings. The number of hydrogen-bond donors (Lipinski definition) is 1. The van der Waals surface area contributed by atoms with Crippen LogP contribution in [0.25, 0.3) is 27.5 Å². The average Bonchev–Trinajstić information content (AvgIpc) is 2.79. The molecule has 2 aromatic heterocycles. The fraction of sp³-hybridized carbons (Fsp3) is 0. The van der Waals surface area contributed by atoms with Gasteiger partial charge in [0, 0.05) is 5.39 Å². The lowest BCUT2D eigenvalue weighted by Crippen LogP contribution is -2.09. The lowest BCUT2D eigenvalue weighted by molar-refractivity contribution is 0.629. The van der Waals surface area contributed by atoms with Gasteiger partial charge in [0.15, 0.2) is 0 Å². The summed E-state index contributed by atoms with van der Waals surface area (Å²) in [5.41, 5.74) is 2.59. The van der Waals surface area contributed by atoms with Crippen LogP contribution in [0.3, 0.4) is 0 Å². The Bertz CT molecular complexity index is 997. The Kier molecular flexibility index (Phi) is 1.87. The van der Waals surface area contributed by atoms with Gasteiger partial charge in [0.2, 0.25) is 0 Å². The van der Waals surface area contributed by atoms with Crippen molar-refractivity contribution in [2.45, 2.75) is 0 Å². The largest absolute Gasteiger partial charge is 0.319 e. The number of hydrogen-bond acceptors (Lipinski definition) is 1.